The van der Waals surface area contributed by atoms with Gasteiger partial charge in [-0.05, 0) is 25.2 Å². The third kappa shape index (κ3) is 6.77. The van der Waals surface area contributed by atoms with Gasteiger partial charge in [0.2, 0.25) is 5.91 Å². The molecule has 0 saturated carbocycles. The Morgan fingerprint density at radius 2 is 2.04 bits per heavy atom. The first kappa shape index (κ1) is 19.1. The van der Waals surface area contributed by atoms with Gasteiger partial charge in [0, 0.05) is 0 Å². The van der Waals surface area contributed by atoms with Gasteiger partial charge in [0.05, 0.1) is 17.7 Å². The topological polar surface area (TPSA) is 108 Å². The first-order valence-corrected chi connectivity index (χ1v) is 8.40. The number of rotatable bonds is 9. The van der Waals surface area contributed by atoms with Crippen LogP contribution >= 0.6 is 11.3 Å². The highest BCUT2D eigenvalue weighted by Crippen LogP contribution is 2.14. The number of carboxylic acid groups (broad SMARTS) is 1. The third-order valence-corrected chi connectivity index (χ3v) is 4.05. The van der Waals surface area contributed by atoms with Crippen molar-refractivity contribution in [3.63, 3.8) is 0 Å². The number of aromatic nitrogens is 1. The van der Waals surface area contributed by atoms with Crippen LogP contribution in [0.4, 0.5) is 0 Å². The summed E-state index contributed by atoms with van der Waals surface area (Å²) in [6, 6.07) is -0.945. The summed E-state index contributed by atoms with van der Waals surface area (Å²) >= 11 is 1.30. The van der Waals surface area contributed by atoms with Crippen LogP contribution in [0.2, 0.25) is 0 Å². The molecule has 0 aliphatic heterocycles. The van der Waals surface area contributed by atoms with Gasteiger partial charge in [-0.15, -0.1) is 11.3 Å². The van der Waals surface area contributed by atoms with E-state index in [2.05, 4.69) is 15.6 Å². The molecule has 0 fully saturated rings. The van der Waals surface area contributed by atoms with E-state index in [-0.39, 0.29) is 18.4 Å². The zero-order valence-corrected chi connectivity index (χ0v) is 14.4. The molecule has 1 aromatic heterocycles. The number of aryl methyl sites for hydroxylation is 1. The number of carboxylic acids is 1. The van der Waals surface area contributed by atoms with Crippen LogP contribution in [-0.2, 0) is 16.0 Å². The summed E-state index contributed by atoms with van der Waals surface area (Å²) in [6.45, 7) is 5.52. The minimum Gasteiger partial charge on any atom is -0.480 e. The van der Waals surface area contributed by atoms with E-state index in [9.17, 15) is 14.4 Å². The number of hydrogen-bond acceptors (Lipinski definition) is 5. The van der Waals surface area contributed by atoms with Crippen molar-refractivity contribution >= 4 is 29.1 Å². The van der Waals surface area contributed by atoms with Crippen molar-refractivity contribution < 1.29 is 19.5 Å². The monoisotopic (exact) mass is 341 g/mol. The summed E-state index contributed by atoms with van der Waals surface area (Å²) in [5, 5.41) is 14.8. The van der Waals surface area contributed by atoms with Gasteiger partial charge in [0.1, 0.15) is 10.9 Å². The Labute approximate surface area is 139 Å². The van der Waals surface area contributed by atoms with Crippen LogP contribution in [0.25, 0.3) is 0 Å². The molecule has 0 saturated heterocycles. The van der Waals surface area contributed by atoms with Crippen molar-refractivity contribution in [3.05, 3.63) is 16.1 Å². The van der Waals surface area contributed by atoms with Gasteiger partial charge in [-0.2, -0.15) is 0 Å². The number of nitrogens with one attached hydrogen (secondary N) is 2. The fourth-order valence-electron chi connectivity index (χ4n) is 1.93. The lowest BCUT2D eigenvalue weighted by Crippen LogP contribution is -2.46. The molecule has 23 heavy (non-hydrogen) atoms. The second-order valence-corrected chi connectivity index (χ2v) is 6.75. The molecule has 0 aliphatic rings. The maximum absolute atomic E-state index is 11.9. The van der Waals surface area contributed by atoms with Gasteiger partial charge in [-0.25, -0.2) is 9.78 Å². The molecule has 0 aromatic carbocycles. The molecule has 0 unspecified atom stereocenters. The Kier molecular flexibility index (Phi) is 7.67. The van der Waals surface area contributed by atoms with Crippen molar-refractivity contribution in [3.8, 4) is 0 Å². The first-order valence-electron chi connectivity index (χ1n) is 7.58. The standard InChI is InChI=1S/C15H23N3O4S/c1-4-5-13-16-7-11(23-13)14(20)17-8-12(19)18-10(15(21)22)6-9(2)3/h7,9-10H,4-6,8H2,1-3H3,(H,17,20)(H,18,19)(H,21,22)/t10-/m0/s1. The van der Waals surface area contributed by atoms with Crippen molar-refractivity contribution in [2.24, 2.45) is 5.92 Å². The van der Waals surface area contributed by atoms with Crippen molar-refractivity contribution in [1.82, 2.24) is 15.6 Å². The predicted molar refractivity (Wildman–Crippen MR) is 87.5 cm³/mol. The third-order valence-electron chi connectivity index (χ3n) is 2.99. The summed E-state index contributed by atoms with van der Waals surface area (Å²) in [6.07, 6.45) is 3.59. The molecule has 7 nitrogen and oxygen atoms in total. The number of nitrogens with zero attached hydrogens (tertiary/aromatic N) is 1. The molecule has 1 aromatic rings. The Morgan fingerprint density at radius 3 is 2.61 bits per heavy atom. The fourth-order valence-corrected chi connectivity index (χ4v) is 2.87. The Hall–Kier alpha value is -1.96. The lowest BCUT2D eigenvalue weighted by molar-refractivity contribution is -0.142. The zero-order chi connectivity index (χ0) is 17.4. The molecular formula is C15H23N3O4S. The highest BCUT2D eigenvalue weighted by Gasteiger charge is 2.21. The van der Waals surface area contributed by atoms with E-state index >= 15 is 0 Å². The summed E-state index contributed by atoms with van der Waals surface area (Å²) in [7, 11) is 0. The minimum absolute atomic E-state index is 0.139. The summed E-state index contributed by atoms with van der Waals surface area (Å²) in [4.78, 5) is 39.4. The lowest BCUT2D eigenvalue weighted by atomic mass is 10.0. The maximum Gasteiger partial charge on any atom is 0.326 e. The molecule has 3 N–H and O–H groups in total. The van der Waals surface area contributed by atoms with Crippen LogP contribution in [0.5, 0.6) is 0 Å². The van der Waals surface area contributed by atoms with Gasteiger partial charge >= 0.3 is 5.97 Å². The number of hydrogen-bond donors (Lipinski definition) is 3. The number of carbonyl (C=O) groups is 3. The average Bonchev–Trinajstić information content (AvgIpc) is 2.92. The molecule has 1 atom stereocenters. The predicted octanol–water partition coefficient (Wildman–Crippen LogP) is 1.44. The molecule has 1 heterocycles. The molecule has 0 radical (unpaired) electrons. The van der Waals surface area contributed by atoms with Crippen molar-refractivity contribution in [2.45, 2.75) is 46.1 Å². The van der Waals surface area contributed by atoms with E-state index in [1.807, 2.05) is 20.8 Å². The highest BCUT2D eigenvalue weighted by molar-refractivity contribution is 7.13. The van der Waals surface area contributed by atoms with E-state index in [0.29, 0.717) is 11.3 Å². The second kappa shape index (κ2) is 9.24. The second-order valence-electron chi connectivity index (χ2n) is 5.64. The number of carbonyl (C=O) groups excluding carboxylic acids is 2. The van der Waals surface area contributed by atoms with Crippen LogP contribution in [0.1, 0.15) is 48.3 Å². The van der Waals surface area contributed by atoms with E-state index in [0.717, 1.165) is 17.8 Å². The fraction of sp³-hybridized carbons (Fsp3) is 0.600. The van der Waals surface area contributed by atoms with Crippen LogP contribution in [0, 0.1) is 5.92 Å². The van der Waals surface area contributed by atoms with E-state index in [4.69, 9.17) is 5.11 Å². The first-order chi connectivity index (χ1) is 10.8. The van der Waals surface area contributed by atoms with Gasteiger partial charge in [0.25, 0.3) is 5.91 Å². The summed E-state index contributed by atoms with van der Waals surface area (Å²) in [5.74, 6) is -1.84. The van der Waals surface area contributed by atoms with Crippen LogP contribution in [0.15, 0.2) is 6.20 Å². The SMILES string of the molecule is CCCc1ncc(C(=O)NCC(=O)N[C@@H](CC(C)C)C(=O)O)s1. The Balaban J connectivity index is 2.47. The van der Waals surface area contributed by atoms with Crippen molar-refractivity contribution in [2.75, 3.05) is 6.54 Å². The Morgan fingerprint density at radius 1 is 1.35 bits per heavy atom. The van der Waals surface area contributed by atoms with Gasteiger partial charge in [-0.1, -0.05) is 20.8 Å². The normalized spacial score (nSPS) is 12.0. The molecule has 2 amide bonds. The van der Waals surface area contributed by atoms with Crippen LogP contribution in [0.3, 0.4) is 0 Å². The number of amides is 2. The summed E-state index contributed by atoms with van der Waals surface area (Å²) in [5.41, 5.74) is 0. The van der Waals surface area contributed by atoms with Gasteiger partial charge < -0.3 is 15.7 Å². The maximum atomic E-state index is 11.9. The molecule has 0 spiro atoms. The van der Waals surface area contributed by atoms with Gasteiger partial charge in [0.15, 0.2) is 0 Å². The van der Waals surface area contributed by atoms with E-state index < -0.39 is 17.9 Å². The number of thiazole rings is 1. The van der Waals surface area contributed by atoms with Crippen LogP contribution < -0.4 is 10.6 Å². The molecule has 1 rings (SSSR count). The highest BCUT2D eigenvalue weighted by atomic mass is 32.1. The molecular weight excluding hydrogens is 318 g/mol. The molecule has 0 aliphatic carbocycles. The smallest absolute Gasteiger partial charge is 0.326 e. The van der Waals surface area contributed by atoms with Gasteiger partial charge in [-0.3, -0.25) is 9.59 Å². The Bertz CT molecular complexity index is 557. The van der Waals surface area contributed by atoms with E-state index in [1.165, 1.54) is 17.5 Å². The number of aliphatic carboxylic acids is 1. The average molecular weight is 341 g/mol. The largest absolute Gasteiger partial charge is 0.480 e. The molecule has 0 bridgehead atoms. The van der Waals surface area contributed by atoms with E-state index in [1.54, 1.807) is 0 Å². The van der Waals surface area contributed by atoms with Crippen molar-refractivity contribution in [1.29, 1.82) is 0 Å². The molecule has 128 valence electrons. The quantitative estimate of drug-likeness (QED) is 0.630. The van der Waals surface area contributed by atoms with Crippen LogP contribution in [-0.4, -0.2) is 40.5 Å². The molecule has 8 heteroatoms. The summed E-state index contributed by atoms with van der Waals surface area (Å²) < 4.78 is 0. The lowest BCUT2D eigenvalue weighted by Gasteiger charge is -2.16. The minimum atomic E-state index is -1.08. The zero-order valence-electron chi connectivity index (χ0n) is 13.6.